The molecule has 6 heteroatoms. The maximum absolute atomic E-state index is 12.6. The van der Waals surface area contributed by atoms with E-state index in [2.05, 4.69) is 10.3 Å². The number of carbonyl (C=O) groups excluding carboxylic acids is 1. The van der Waals surface area contributed by atoms with Crippen LogP contribution in [0.15, 0.2) is 58.7 Å². The number of furan rings is 1. The summed E-state index contributed by atoms with van der Waals surface area (Å²) in [6.45, 7) is 0.744. The number of hydrogen-bond donors (Lipinski definition) is 1. The number of thiazole rings is 1. The third-order valence-corrected chi connectivity index (χ3v) is 5.02. The molecule has 24 heavy (non-hydrogen) atoms. The lowest BCUT2D eigenvalue weighted by atomic mass is 10.2. The first-order valence-electron chi connectivity index (χ1n) is 7.92. The van der Waals surface area contributed by atoms with E-state index in [0.717, 1.165) is 41.4 Å². The molecule has 1 fully saturated rings. The van der Waals surface area contributed by atoms with Crippen molar-refractivity contribution >= 4 is 23.1 Å². The highest BCUT2D eigenvalue weighted by Gasteiger charge is 2.31. The first kappa shape index (κ1) is 15.0. The van der Waals surface area contributed by atoms with Crippen molar-refractivity contribution in [1.29, 1.82) is 0 Å². The predicted molar refractivity (Wildman–Crippen MR) is 94.0 cm³/mol. The Bertz CT molecular complexity index is 797. The molecule has 4 rings (SSSR count). The Labute approximate surface area is 143 Å². The summed E-state index contributed by atoms with van der Waals surface area (Å²) in [4.78, 5) is 18.7. The summed E-state index contributed by atoms with van der Waals surface area (Å²) in [6.07, 6.45) is 5.37. The van der Waals surface area contributed by atoms with Crippen LogP contribution in [-0.4, -0.2) is 22.5 Å². The zero-order chi connectivity index (χ0) is 16.4. The molecule has 1 saturated heterocycles. The molecule has 1 aliphatic heterocycles. The Kier molecular flexibility index (Phi) is 4.04. The van der Waals surface area contributed by atoms with E-state index in [0.29, 0.717) is 0 Å². The van der Waals surface area contributed by atoms with E-state index < -0.39 is 0 Å². The Morgan fingerprint density at radius 3 is 2.88 bits per heavy atom. The van der Waals surface area contributed by atoms with Crippen LogP contribution < -0.4 is 5.32 Å². The zero-order valence-corrected chi connectivity index (χ0v) is 13.8. The highest BCUT2D eigenvalue weighted by molar-refractivity contribution is 7.13. The van der Waals surface area contributed by atoms with Crippen LogP contribution in [0.5, 0.6) is 0 Å². The number of amides is 2. The standard InChI is InChI=1S/C18H17N3O2S/c22-18(21-10-1-3-15(21)16-4-2-11-23-16)20-14-7-5-13(6-8-14)17-19-9-12-24-17/h2,4-9,11-12,15H,1,3,10H2,(H,20,22). The molecule has 0 saturated carbocycles. The quantitative estimate of drug-likeness (QED) is 0.747. The van der Waals surface area contributed by atoms with Gasteiger partial charge in [0, 0.05) is 29.4 Å². The van der Waals surface area contributed by atoms with E-state index in [9.17, 15) is 4.79 Å². The summed E-state index contributed by atoms with van der Waals surface area (Å²) in [6, 6.07) is 11.5. The van der Waals surface area contributed by atoms with Gasteiger partial charge in [0.2, 0.25) is 0 Å². The summed E-state index contributed by atoms with van der Waals surface area (Å²) in [5.41, 5.74) is 1.84. The first-order chi connectivity index (χ1) is 11.8. The van der Waals surface area contributed by atoms with Crippen LogP contribution in [0.4, 0.5) is 10.5 Å². The molecule has 5 nitrogen and oxygen atoms in total. The van der Waals surface area contributed by atoms with Gasteiger partial charge in [-0.25, -0.2) is 9.78 Å². The molecule has 1 aromatic carbocycles. The summed E-state index contributed by atoms with van der Waals surface area (Å²) < 4.78 is 5.48. The van der Waals surface area contributed by atoms with E-state index in [1.54, 1.807) is 23.8 Å². The van der Waals surface area contributed by atoms with Crippen LogP contribution in [0, 0.1) is 0 Å². The fourth-order valence-corrected chi connectivity index (χ4v) is 3.69. The normalized spacial score (nSPS) is 17.2. The number of hydrogen-bond acceptors (Lipinski definition) is 4. The Morgan fingerprint density at radius 2 is 2.17 bits per heavy atom. The lowest BCUT2D eigenvalue weighted by Crippen LogP contribution is -2.34. The summed E-state index contributed by atoms with van der Waals surface area (Å²) >= 11 is 1.60. The fraction of sp³-hybridized carbons (Fsp3) is 0.222. The summed E-state index contributed by atoms with van der Waals surface area (Å²) in [5.74, 6) is 0.849. The molecule has 3 heterocycles. The summed E-state index contributed by atoms with van der Waals surface area (Å²) in [7, 11) is 0. The molecule has 1 unspecified atom stereocenters. The number of nitrogens with one attached hydrogen (secondary N) is 1. The second kappa shape index (κ2) is 6.49. The van der Waals surface area contributed by atoms with Crippen LogP contribution in [-0.2, 0) is 0 Å². The van der Waals surface area contributed by atoms with Crippen molar-refractivity contribution in [2.75, 3.05) is 11.9 Å². The van der Waals surface area contributed by atoms with Crippen LogP contribution >= 0.6 is 11.3 Å². The zero-order valence-electron chi connectivity index (χ0n) is 13.0. The van der Waals surface area contributed by atoms with Gasteiger partial charge >= 0.3 is 6.03 Å². The summed E-state index contributed by atoms with van der Waals surface area (Å²) in [5, 5.41) is 5.91. The van der Waals surface area contributed by atoms with E-state index >= 15 is 0 Å². The van der Waals surface area contributed by atoms with Crippen LogP contribution in [0.1, 0.15) is 24.6 Å². The third-order valence-electron chi connectivity index (χ3n) is 4.20. The maximum Gasteiger partial charge on any atom is 0.322 e. The number of rotatable bonds is 3. The Morgan fingerprint density at radius 1 is 1.29 bits per heavy atom. The van der Waals surface area contributed by atoms with E-state index in [1.165, 1.54) is 0 Å². The van der Waals surface area contributed by atoms with Crippen molar-refractivity contribution < 1.29 is 9.21 Å². The molecule has 1 N–H and O–H groups in total. The molecular weight excluding hydrogens is 322 g/mol. The van der Waals surface area contributed by atoms with Crippen molar-refractivity contribution in [2.45, 2.75) is 18.9 Å². The molecular formula is C18H17N3O2S. The molecule has 2 aromatic heterocycles. The minimum absolute atomic E-state index is 0.0228. The number of benzene rings is 1. The molecule has 122 valence electrons. The Balaban J connectivity index is 1.46. The topological polar surface area (TPSA) is 58.4 Å². The molecule has 0 bridgehead atoms. The number of nitrogens with zero attached hydrogens (tertiary/aromatic N) is 2. The van der Waals surface area contributed by atoms with Gasteiger partial charge in [-0.05, 0) is 49.2 Å². The smallest absolute Gasteiger partial charge is 0.322 e. The molecule has 0 radical (unpaired) electrons. The molecule has 0 aliphatic carbocycles. The van der Waals surface area contributed by atoms with Gasteiger partial charge in [-0.1, -0.05) is 0 Å². The van der Waals surface area contributed by atoms with Crippen molar-refractivity contribution in [3.05, 3.63) is 60.0 Å². The molecule has 3 aromatic rings. The van der Waals surface area contributed by atoms with Gasteiger partial charge in [0.05, 0.1) is 12.3 Å². The van der Waals surface area contributed by atoms with Gasteiger partial charge in [0.15, 0.2) is 0 Å². The largest absolute Gasteiger partial charge is 0.467 e. The van der Waals surface area contributed by atoms with Crippen LogP contribution in [0.2, 0.25) is 0 Å². The van der Waals surface area contributed by atoms with E-state index in [-0.39, 0.29) is 12.1 Å². The molecule has 1 atom stereocenters. The van der Waals surface area contributed by atoms with Gasteiger partial charge in [-0.2, -0.15) is 0 Å². The van der Waals surface area contributed by atoms with E-state index in [1.807, 2.05) is 46.7 Å². The van der Waals surface area contributed by atoms with Crippen molar-refractivity contribution in [1.82, 2.24) is 9.88 Å². The van der Waals surface area contributed by atoms with E-state index in [4.69, 9.17) is 4.42 Å². The van der Waals surface area contributed by atoms with Gasteiger partial charge in [-0.15, -0.1) is 11.3 Å². The SMILES string of the molecule is O=C(Nc1ccc(-c2nccs2)cc1)N1CCCC1c1ccco1. The average molecular weight is 339 g/mol. The fourth-order valence-electron chi connectivity index (χ4n) is 3.04. The molecule has 1 aliphatic rings. The number of likely N-dealkylation sites (tertiary alicyclic amines) is 1. The third kappa shape index (κ3) is 2.92. The first-order valence-corrected chi connectivity index (χ1v) is 8.80. The van der Waals surface area contributed by atoms with Crippen molar-refractivity contribution in [2.24, 2.45) is 0 Å². The minimum atomic E-state index is -0.0871. The van der Waals surface area contributed by atoms with Gasteiger partial charge in [0.1, 0.15) is 10.8 Å². The predicted octanol–water partition coefficient (Wildman–Crippen LogP) is 4.77. The average Bonchev–Trinajstić information content (AvgIpc) is 3.35. The Hall–Kier alpha value is -2.60. The van der Waals surface area contributed by atoms with Gasteiger partial charge in [0.25, 0.3) is 0 Å². The highest BCUT2D eigenvalue weighted by Crippen LogP contribution is 2.32. The number of carbonyl (C=O) groups is 1. The van der Waals surface area contributed by atoms with Crippen molar-refractivity contribution in [3.8, 4) is 10.6 Å². The maximum atomic E-state index is 12.6. The lowest BCUT2D eigenvalue weighted by molar-refractivity contribution is 0.200. The van der Waals surface area contributed by atoms with Gasteiger partial charge < -0.3 is 14.6 Å². The highest BCUT2D eigenvalue weighted by atomic mass is 32.1. The number of urea groups is 1. The lowest BCUT2D eigenvalue weighted by Gasteiger charge is -2.23. The molecule has 0 spiro atoms. The number of aromatic nitrogens is 1. The van der Waals surface area contributed by atoms with Crippen LogP contribution in [0.25, 0.3) is 10.6 Å². The van der Waals surface area contributed by atoms with Crippen LogP contribution in [0.3, 0.4) is 0 Å². The number of anilines is 1. The van der Waals surface area contributed by atoms with Crippen molar-refractivity contribution in [3.63, 3.8) is 0 Å². The monoisotopic (exact) mass is 339 g/mol. The second-order valence-electron chi connectivity index (χ2n) is 5.71. The minimum Gasteiger partial charge on any atom is -0.467 e. The second-order valence-corrected chi connectivity index (χ2v) is 6.61. The molecule has 2 amide bonds. The van der Waals surface area contributed by atoms with Gasteiger partial charge in [-0.3, -0.25) is 0 Å².